The van der Waals surface area contributed by atoms with Gasteiger partial charge in [-0.15, -0.1) is 0 Å². The number of carbonyl (C=O) groups excluding carboxylic acids is 1. The van der Waals surface area contributed by atoms with Crippen molar-refractivity contribution in [1.29, 1.82) is 0 Å². The average molecular weight is 118 g/mol. The molecule has 0 aromatic carbocycles. The summed E-state index contributed by atoms with van der Waals surface area (Å²) in [6, 6.07) is 0. The standard InChI is InChI=1S/C4H7O2P/c5-4-1-2-6-7-3-4/h7H,1-3H2. The Kier molecular flexibility index (Phi) is 1.77. The lowest BCUT2D eigenvalue weighted by atomic mass is 10.3. The van der Waals surface area contributed by atoms with Gasteiger partial charge >= 0.3 is 0 Å². The molecule has 7 heavy (non-hydrogen) atoms. The Morgan fingerprint density at radius 3 is 2.86 bits per heavy atom. The van der Waals surface area contributed by atoms with Crippen molar-refractivity contribution in [3.05, 3.63) is 0 Å². The molecule has 0 spiro atoms. The molecule has 0 amide bonds. The van der Waals surface area contributed by atoms with E-state index in [4.69, 9.17) is 4.52 Å². The molecule has 0 N–H and O–H groups in total. The van der Waals surface area contributed by atoms with E-state index in [9.17, 15) is 4.79 Å². The van der Waals surface area contributed by atoms with Crippen molar-refractivity contribution in [2.75, 3.05) is 12.8 Å². The van der Waals surface area contributed by atoms with Gasteiger partial charge in [-0.2, -0.15) is 0 Å². The maximum atomic E-state index is 10.4. The predicted octanol–water partition coefficient (Wildman–Crippen LogP) is 0.569. The normalized spacial score (nSPS) is 26.0. The Bertz CT molecular complexity index is 73.8. The van der Waals surface area contributed by atoms with Crippen molar-refractivity contribution in [2.45, 2.75) is 6.42 Å². The van der Waals surface area contributed by atoms with E-state index in [0.717, 1.165) is 0 Å². The number of rotatable bonds is 0. The van der Waals surface area contributed by atoms with Crippen LogP contribution in [0.2, 0.25) is 0 Å². The smallest absolute Gasteiger partial charge is 0.141 e. The summed E-state index contributed by atoms with van der Waals surface area (Å²) in [6.07, 6.45) is 1.28. The number of Topliss-reactive ketones (excluding diaryl/α,β-unsaturated/α-hetero) is 1. The third kappa shape index (κ3) is 1.54. The van der Waals surface area contributed by atoms with Gasteiger partial charge in [0.15, 0.2) is 0 Å². The first-order valence-corrected chi connectivity index (χ1v) is 3.37. The molecule has 0 aliphatic carbocycles. The first-order chi connectivity index (χ1) is 3.39. The van der Waals surface area contributed by atoms with Gasteiger partial charge in [0.2, 0.25) is 0 Å². The van der Waals surface area contributed by atoms with Crippen molar-refractivity contribution in [3.63, 3.8) is 0 Å². The SMILES string of the molecule is O=C1CCOPC1. The lowest BCUT2D eigenvalue weighted by Gasteiger charge is -2.07. The first kappa shape index (κ1) is 5.20. The highest BCUT2D eigenvalue weighted by Crippen LogP contribution is 2.17. The van der Waals surface area contributed by atoms with Crippen LogP contribution in [0, 0.1) is 0 Å². The van der Waals surface area contributed by atoms with Gasteiger partial charge < -0.3 is 4.52 Å². The van der Waals surface area contributed by atoms with Crippen LogP contribution in [0.4, 0.5) is 0 Å². The lowest BCUT2D eigenvalue weighted by Crippen LogP contribution is -2.09. The van der Waals surface area contributed by atoms with Gasteiger partial charge in [-0.3, -0.25) is 4.79 Å². The van der Waals surface area contributed by atoms with Crippen molar-refractivity contribution >= 4 is 14.6 Å². The van der Waals surface area contributed by atoms with Crippen LogP contribution in [-0.2, 0) is 9.32 Å². The van der Waals surface area contributed by atoms with Crippen molar-refractivity contribution in [3.8, 4) is 0 Å². The van der Waals surface area contributed by atoms with Crippen LogP contribution in [0.25, 0.3) is 0 Å². The number of ketones is 1. The zero-order valence-electron chi connectivity index (χ0n) is 3.94. The van der Waals surface area contributed by atoms with E-state index in [1.807, 2.05) is 0 Å². The van der Waals surface area contributed by atoms with Gasteiger partial charge in [-0.05, 0) is 0 Å². The van der Waals surface area contributed by atoms with Crippen LogP contribution in [0.15, 0.2) is 0 Å². The molecule has 0 aromatic rings. The van der Waals surface area contributed by atoms with Crippen LogP contribution in [0.1, 0.15) is 6.42 Å². The molecule has 3 heteroatoms. The Balaban J connectivity index is 2.25. The Labute approximate surface area is 44.1 Å². The summed E-state index contributed by atoms with van der Waals surface area (Å²) >= 11 is 0. The number of carbonyl (C=O) groups is 1. The van der Waals surface area contributed by atoms with E-state index in [1.54, 1.807) is 0 Å². The molecule has 1 rings (SSSR count). The fourth-order valence-electron chi connectivity index (χ4n) is 0.457. The zero-order chi connectivity index (χ0) is 5.11. The minimum atomic E-state index is 0.351. The van der Waals surface area contributed by atoms with Gasteiger partial charge in [0.25, 0.3) is 0 Å². The molecule has 2 nitrogen and oxygen atoms in total. The maximum Gasteiger partial charge on any atom is 0.141 e. The third-order valence-electron chi connectivity index (χ3n) is 0.854. The summed E-state index contributed by atoms with van der Waals surface area (Å²) in [4.78, 5) is 10.4. The summed E-state index contributed by atoms with van der Waals surface area (Å²) in [7, 11) is 0.432. The molecule has 1 saturated heterocycles. The maximum absolute atomic E-state index is 10.4. The molecular weight excluding hydrogens is 111 g/mol. The monoisotopic (exact) mass is 118 g/mol. The highest BCUT2D eigenvalue weighted by molar-refractivity contribution is 7.33. The van der Waals surface area contributed by atoms with Gasteiger partial charge in [0, 0.05) is 21.4 Å². The van der Waals surface area contributed by atoms with Crippen LogP contribution >= 0.6 is 8.81 Å². The minimum Gasteiger partial charge on any atom is -0.362 e. The molecule has 1 unspecified atom stereocenters. The third-order valence-corrected chi connectivity index (χ3v) is 1.80. The average Bonchev–Trinajstić information content (AvgIpc) is 1.69. The minimum absolute atomic E-state index is 0.351. The summed E-state index contributed by atoms with van der Waals surface area (Å²) in [5, 5.41) is 0. The zero-order valence-corrected chi connectivity index (χ0v) is 4.94. The Morgan fingerprint density at radius 2 is 2.57 bits per heavy atom. The molecule has 0 bridgehead atoms. The Morgan fingerprint density at radius 1 is 1.71 bits per heavy atom. The lowest BCUT2D eigenvalue weighted by molar-refractivity contribution is -0.117. The molecule has 1 aliphatic heterocycles. The van der Waals surface area contributed by atoms with Crippen LogP contribution in [0.5, 0.6) is 0 Å². The van der Waals surface area contributed by atoms with Crippen LogP contribution < -0.4 is 0 Å². The van der Waals surface area contributed by atoms with Crippen LogP contribution in [0.3, 0.4) is 0 Å². The van der Waals surface area contributed by atoms with E-state index >= 15 is 0 Å². The molecule has 0 aromatic heterocycles. The molecule has 1 aliphatic rings. The van der Waals surface area contributed by atoms with Gasteiger partial charge in [0.05, 0.1) is 6.61 Å². The summed E-state index contributed by atoms with van der Waals surface area (Å²) in [5.41, 5.74) is 0. The van der Waals surface area contributed by atoms with Crippen molar-refractivity contribution < 1.29 is 9.32 Å². The topological polar surface area (TPSA) is 26.3 Å². The quantitative estimate of drug-likeness (QED) is 0.434. The van der Waals surface area contributed by atoms with E-state index in [2.05, 4.69) is 0 Å². The second-order valence-corrected chi connectivity index (χ2v) is 2.39. The highest BCUT2D eigenvalue weighted by atomic mass is 31.1. The fraction of sp³-hybridized carbons (Fsp3) is 0.750. The Hall–Kier alpha value is 0.0600. The summed E-state index contributed by atoms with van der Waals surface area (Å²) in [5.74, 6) is 0.351. The fourth-order valence-corrected chi connectivity index (χ4v) is 1.14. The van der Waals surface area contributed by atoms with E-state index in [-0.39, 0.29) is 0 Å². The second-order valence-electron chi connectivity index (χ2n) is 1.46. The molecule has 1 heterocycles. The molecular formula is C4H7O2P. The molecule has 40 valence electrons. The van der Waals surface area contributed by atoms with Crippen molar-refractivity contribution in [2.24, 2.45) is 0 Å². The molecule has 0 saturated carbocycles. The van der Waals surface area contributed by atoms with Crippen molar-refractivity contribution in [1.82, 2.24) is 0 Å². The van der Waals surface area contributed by atoms with E-state index in [1.165, 1.54) is 0 Å². The highest BCUT2D eigenvalue weighted by Gasteiger charge is 2.06. The van der Waals surface area contributed by atoms with Crippen LogP contribution in [-0.4, -0.2) is 18.6 Å². The van der Waals surface area contributed by atoms with E-state index < -0.39 is 0 Å². The molecule has 1 fully saturated rings. The molecule has 0 radical (unpaired) electrons. The largest absolute Gasteiger partial charge is 0.362 e. The number of hydrogen-bond acceptors (Lipinski definition) is 2. The predicted molar refractivity (Wildman–Crippen MR) is 28.8 cm³/mol. The second kappa shape index (κ2) is 2.39. The number of hydrogen-bond donors (Lipinski definition) is 0. The summed E-state index contributed by atoms with van der Waals surface area (Å²) in [6.45, 7) is 0.650. The van der Waals surface area contributed by atoms with E-state index in [0.29, 0.717) is 33.8 Å². The first-order valence-electron chi connectivity index (χ1n) is 2.26. The van der Waals surface area contributed by atoms with Gasteiger partial charge in [0.1, 0.15) is 5.78 Å². The molecule has 1 atom stereocenters. The van der Waals surface area contributed by atoms with Gasteiger partial charge in [-0.25, -0.2) is 0 Å². The van der Waals surface area contributed by atoms with Gasteiger partial charge in [-0.1, -0.05) is 0 Å². The summed E-state index contributed by atoms with van der Waals surface area (Å²) < 4.78 is 4.95.